The Balaban J connectivity index is 3.06. The fourth-order valence-corrected chi connectivity index (χ4v) is 1.62. The van der Waals surface area contributed by atoms with Crippen LogP contribution < -0.4 is 0 Å². The third kappa shape index (κ3) is 2.81. The van der Waals surface area contributed by atoms with Gasteiger partial charge in [0.2, 0.25) is 0 Å². The van der Waals surface area contributed by atoms with Crippen molar-refractivity contribution in [2.75, 3.05) is 0 Å². The first kappa shape index (κ1) is 12.2. The first-order valence-electron chi connectivity index (χ1n) is 4.26. The molecule has 0 aliphatic rings. The molecule has 0 amide bonds. The number of aliphatic hydroxyl groups excluding tert-OH is 1. The van der Waals surface area contributed by atoms with E-state index < -0.39 is 6.10 Å². The molecule has 1 unspecified atom stereocenters. The van der Waals surface area contributed by atoms with E-state index in [4.69, 9.17) is 23.2 Å². The van der Waals surface area contributed by atoms with Gasteiger partial charge in [-0.15, -0.1) is 0 Å². The summed E-state index contributed by atoms with van der Waals surface area (Å²) in [7, 11) is 0. The number of hydrogen-bond donors (Lipinski definition) is 1. The van der Waals surface area contributed by atoms with E-state index in [2.05, 4.69) is 6.58 Å². The number of carbonyl (C=O) groups is 1. The Labute approximate surface area is 98.1 Å². The monoisotopic (exact) mass is 244 g/mol. The Hall–Kier alpha value is -0.830. The smallest absolute Gasteiger partial charge is 0.158 e. The molecule has 0 aliphatic carbocycles. The van der Waals surface area contributed by atoms with Crippen molar-refractivity contribution >= 4 is 29.0 Å². The third-order valence-corrected chi connectivity index (χ3v) is 2.60. The maximum atomic E-state index is 11.0. The molecule has 0 spiro atoms. The highest BCUT2D eigenvalue weighted by atomic mass is 35.5. The zero-order valence-electron chi connectivity index (χ0n) is 8.13. The average Bonchev–Trinajstić information content (AvgIpc) is 2.15. The van der Waals surface area contributed by atoms with Crippen LogP contribution in [0.15, 0.2) is 30.4 Å². The third-order valence-electron chi connectivity index (χ3n) is 2.04. The van der Waals surface area contributed by atoms with Gasteiger partial charge in [0.05, 0.1) is 0 Å². The minimum Gasteiger partial charge on any atom is -0.383 e. The van der Waals surface area contributed by atoms with Gasteiger partial charge in [0.15, 0.2) is 5.78 Å². The molecule has 0 saturated carbocycles. The quantitative estimate of drug-likeness (QED) is 0.830. The van der Waals surface area contributed by atoms with Gasteiger partial charge in [0, 0.05) is 21.2 Å². The van der Waals surface area contributed by atoms with Crippen molar-refractivity contribution in [2.24, 2.45) is 0 Å². The molecule has 0 saturated heterocycles. The van der Waals surface area contributed by atoms with Crippen LogP contribution in [0.5, 0.6) is 0 Å². The van der Waals surface area contributed by atoms with Gasteiger partial charge in [0.1, 0.15) is 6.10 Å². The van der Waals surface area contributed by atoms with Crippen molar-refractivity contribution in [3.05, 3.63) is 46.0 Å². The molecular formula is C11H10Cl2O2. The van der Waals surface area contributed by atoms with Gasteiger partial charge in [-0.2, -0.15) is 0 Å². The van der Waals surface area contributed by atoms with Crippen molar-refractivity contribution in [3.8, 4) is 0 Å². The Morgan fingerprint density at radius 3 is 2.53 bits per heavy atom. The fourth-order valence-electron chi connectivity index (χ4n) is 1.10. The number of benzene rings is 1. The first-order chi connectivity index (χ1) is 6.93. The normalized spacial score (nSPS) is 12.3. The SMILES string of the molecule is C=C(C(C)=O)C(O)c1ccc(Cl)cc1Cl. The van der Waals surface area contributed by atoms with Crippen LogP contribution in [0, 0.1) is 0 Å². The van der Waals surface area contributed by atoms with E-state index in [-0.39, 0.29) is 11.4 Å². The molecule has 1 atom stereocenters. The number of hydrogen-bond acceptors (Lipinski definition) is 2. The molecule has 2 nitrogen and oxygen atoms in total. The van der Waals surface area contributed by atoms with Crippen LogP contribution in [-0.4, -0.2) is 10.9 Å². The van der Waals surface area contributed by atoms with E-state index in [0.717, 1.165) is 0 Å². The Kier molecular flexibility index (Phi) is 3.91. The fraction of sp³-hybridized carbons (Fsp3) is 0.182. The summed E-state index contributed by atoms with van der Waals surface area (Å²) >= 11 is 11.6. The number of Topliss-reactive ketones (excluding diaryl/α,β-unsaturated/α-hetero) is 1. The highest BCUT2D eigenvalue weighted by molar-refractivity contribution is 6.35. The highest BCUT2D eigenvalue weighted by Gasteiger charge is 2.17. The second-order valence-electron chi connectivity index (χ2n) is 3.15. The number of ketones is 1. The van der Waals surface area contributed by atoms with E-state index in [1.165, 1.54) is 13.0 Å². The molecule has 0 radical (unpaired) electrons. The molecule has 0 bridgehead atoms. The van der Waals surface area contributed by atoms with Crippen LogP contribution in [0.25, 0.3) is 0 Å². The maximum absolute atomic E-state index is 11.0. The van der Waals surface area contributed by atoms with Gasteiger partial charge in [0.25, 0.3) is 0 Å². The van der Waals surface area contributed by atoms with Crippen LogP contribution >= 0.6 is 23.2 Å². The summed E-state index contributed by atoms with van der Waals surface area (Å²) < 4.78 is 0. The van der Waals surface area contributed by atoms with E-state index in [9.17, 15) is 9.90 Å². The lowest BCUT2D eigenvalue weighted by atomic mass is 10.0. The lowest BCUT2D eigenvalue weighted by molar-refractivity contribution is -0.114. The van der Waals surface area contributed by atoms with Gasteiger partial charge in [-0.05, 0) is 19.1 Å². The maximum Gasteiger partial charge on any atom is 0.158 e. The molecule has 1 aromatic rings. The largest absolute Gasteiger partial charge is 0.383 e. The van der Waals surface area contributed by atoms with Crippen molar-refractivity contribution in [1.29, 1.82) is 0 Å². The standard InChI is InChI=1S/C11H10Cl2O2/c1-6(7(2)14)11(15)9-4-3-8(12)5-10(9)13/h3-5,11,15H,1H2,2H3. The molecule has 1 rings (SSSR count). The molecule has 1 N–H and O–H groups in total. The number of halogens is 2. The predicted molar refractivity (Wildman–Crippen MR) is 61.2 cm³/mol. The second-order valence-corrected chi connectivity index (χ2v) is 3.99. The summed E-state index contributed by atoms with van der Waals surface area (Å²) in [6, 6.07) is 4.68. The summed E-state index contributed by atoms with van der Waals surface area (Å²) in [4.78, 5) is 11.0. The Morgan fingerprint density at radius 1 is 1.47 bits per heavy atom. The Morgan fingerprint density at radius 2 is 2.07 bits per heavy atom. The van der Waals surface area contributed by atoms with Crippen molar-refractivity contribution in [2.45, 2.75) is 13.0 Å². The van der Waals surface area contributed by atoms with Gasteiger partial charge < -0.3 is 5.11 Å². The zero-order valence-corrected chi connectivity index (χ0v) is 9.64. The van der Waals surface area contributed by atoms with Gasteiger partial charge >= 0.3 is 0 Å². The summed E-state index contributed by atoms with van der Waals surface area (Å²) in [6.07, 6.45) is -1.08. The topological polar surface area (TPSA) is 37.3 Å². The zero-order chi connectivity index (χ0) is 11.6. The molecule has 0 heterocycles. The van der Waals surface area contributed by atoms with Crippen LogP contribution in [0.1, 0.15) is 18.6 Å². The van der Waals surface area contributed by atoms with Crippen LogP contribution in [0.2, 0.25) is 10.0 Å². The summed E-state index contributed by atoms with van der Waals surface area (Å²) in [5, 5.41) is 10.6. The van der Waals surface area contributed by atoms with Crippen molar-refractivity contribution < 1.29 is 9.90 Å². The minimum absolute atomic E-state index is 0.110. The lowest BCUT2D eigenvalue weighted by Crippen LogP contribution is -2.07. The van der Waals surface area contributed by atoms with E-state index in [1.54, 1.807) is 12.1 Å². The molecule has 0 fully saturated rings. The minimum atomic E-state index is -1.08. The molecular weight excluding hydrogens is 235 g/mol. The summed E-state index contributed by atoms with van der Waals surface area (Å²) in [5.74, 6) is -0.270. The highest BCUT2D eigenvalue weighted by Crippen LogP contribution is 2.29. The van der Waals surface area contributed by atoms with Crippen molar-refractivity contribution in [3.63, 3.8) is 0 Å². The van der Waals surface area contributed by atoms with E-state index >= 15 is 0 Å². The first-order valence-corrected chi connectivity index (χ1v) is 5.02. The lowest BCUT2D eigenvalue weighted by Gasteiger charge is -2.13. The van der Waals surface area contributed by atoms with Crippen LogP contribution in [0.4, 0.5) is 0 Å². The van der Waals surface area contributed by atoms with Crippen LogP contribution in [-0.2, 0) is 4.79 Å². The van der Waals surface area contributed by atoms with E-state index in [0.29, 0.717) is 15.6 Å². The summed E-state index contributed by atoms with van der Waals surface area (Å²) in [5.41, 5.74) is 0.542. The summed E-state index contributed by atoms with van der Waals surface area (Å²) in [6.45, 7) is 4.85. The number of carbonyl (C=O) groups excluding carboxylic acids is 1. The molecule has 0 aliphatic heterocycles. The number of rotatable bonds is 3. The second kappa shape index (κ2) is 4.79. The van der Waals surface area contributed by atoms with E-state index in [1.807, 2.05) is 0 Å². The number of aliphatic hydroxyl groups is 1. The molecule has 0 aromatic heterocycles. The predicted octanol–water partition coefficient (Wildman–Crippen LogP) is 3.17. The van der Waals surface area contributed by atoms with Gasteiger partial charge in [-0.3, -0.25) is 4.79 Å². The van der Waals surface area contributed by atoms with Crippen molar-refractivity contribution in [1.82, 2.24) is 0 Å². The molecule has 4 heteroatoms. The van der Waals surface area contributed by atoms with Crippen LogP contribution in [0.3, 0.4) is 0 Å². The Bertz CT molecular complexity index is 413. The van der Waals surface area contributed by atoms with Gasteiger partial charge in [-0.1, -0.05) is 35.8 Å². The molecule has 80 valence electrons. The van der Waals surface area contributed by atoms with Gasteiger partial charge in [-0.25, -0.2) is 0 Å². The molecule has 1 aromatic carbocycles. The molecule has 15 heavy (non-hydrogen) atoms. The average molecular weight is 245 g/mol.